The molecule has 0 spiro atoms. The molecule has 0 rings (SSSR count). The summed E-state index contributed by atoms with van der Waals surface area (Å²) in [6.45, 7) is 12.3. The van der Waals surface area contributed by atoms with Crippen molar-refractivity contribution in [1.82, 2.24) is 0 Å². The van der Waals surface area contributed by atoms with Crippen molar-refractivity contribution in [2.45, 2.75) is 168 Å². The maximum Gasteiger partial charge on any atom is 1.00 e. The first kappa shape index (κ1) is 38.5. The van der Waals surface area contributed by atoms with Gasteiger partial charge in [0.05, 0.1) is 0 Å². The first-order valence-electron chi connectivity index (χ1n) is 13.4. The Bertz CT molecular complexity index is 207. The number of hydrogen-bond acceptors (Lipinski definition) is 0. The van der Waals surface area contributed by atoms with Crippen molar-refractivity contribution in [3.8, 4) is 0 Å². The Morgan fingerprint density at radius 1 is 0.300 bits per heavy atom. The van der Waals surface area contributed by atoms with Crippen molar-refractivity contribution in [3.63, 3.8) is 0 Å². The van der Waals surface area contributed by atoms with Gasteiger partial charge in [0.2, 0.25) is 0 Å². The first-order valence-corrected chi connectivity index (χ1v) is 13.4. The van der Waals surface area contributed by atoms with Crippen LogP contribution in [-0.2, 0) is 0 Å². The van der Waals surface area contributed by atoms with E-state index >= 15 is 0 Å². The summed E-state index contributed by atoms with van der Waals surface area (Å²) in [6, 6.07) is 0. The molecule has 0 aliphatic carbocycles. The van der Waals surface area contributed by atoms with Crippen LogP contribution in [0, 0.1) is 13.8 Å². The van der Waals surface area contributed by atoms with Crippen LogP contribution in [-0.4, -0.2) is 0 Å². The van der Waals surface area contributed by atoms with E-state index in [9.17, 15) is 0 Å². The van der Waals surface area contributed by atoms with Crippen LogP contribution in [0.4, 0.5) is 0 Å². The fourth-order valence-corrected chi connectivity index (χ4v) is 3.68. The molecule has 0 radical (unpaired) electrons. The van der Waals surface area contributed by atoms with Gasteiger partial charge in [-0.15, -0.1) is 0 Å². The number of hydrogen-bond donors (Lipinski definition) is 0. The van der Waals surface area contributed by atoms with Gasteiger partial charge in [-0.05, 0) is 0 Å². The largest absolute Gasteiger partial charge is 1.00 e. The molecule has 0 aromatic rings. The minimum Gasteiger partial charge on any atom is -0.343 e. The molecule has 0 aromatic heterocycles. The van der Waals surface area contributed by atoms with E-state index < -0.39 is 0 Å². The fraction of sp³-hybridized carbons (Fsp3) is 0.929. The van der Waals surface area contributed by atoms with Crippen molar-refractivity contribution in [2.24, 2.45) is 0 Å². The van der Waals surface area contributed by atoms with Crippen molar-refractivity contribution in [1.29, 1.82) is 0 Å². The third-order valence-electron chi connectivity index (χ3n) is 5.71. The molecule has 0 aromatic carbocycles. The molecule has 30 heavy (non-hydrogen) atoms. The molecule has 0 unspecified atom stereocenters. The summed E-state index contributed by atoms with van der Waals surface area (Å²) in [5, 5.41) is 0. The Morgan fingerprint density at radius 3 is 0.633 bits per heavy atom. The second kappa shape index (κ2) is 40.5. The predicted molar refractivity (Wildman–Crippen MR) is 133 cm³/mol. The van der Waals surface area contributed by atoms with Crippen LogP contribution >= 0.6 is 0 Å². The summed E-state index contributed by atoms with van der Waals surface area (Å²) in [7, 11) is 0. The van der Waals surface area contributed by atoms with Crippen molar-refractivity contribution >= 4 is 0 Å². The Labute approximate surface area is 218 Å². The molecule has 0 aliphatic heterocycles. The third kappa shape index (κ3) is 43.1. The summed E-state index contributed by atoms with van der Waals surface area (Å²) >= 11 is 0. The van der Waals surface area contributed by atoms with Gasteiger partial charge in [-0.3, -0.25) is 0 Å². The second-order valence-electron chi connectivity index (χ2n) is 8.78. The molecule has 0 heterocycles. The first-order chi connectivity index (χ1) is 13.8. The molecular formula is C28H58Li2. The molecular weight excluding hydrogens is 350 g/mol. The molecule has 0 N–H and O–H groups in total. The van der Waals surface area contributed by atoms with Crippen LogP contribution in [0.1, 0.15) is 168 Å². The Balaban J connectivity index is -0.000000243. The monoisotopic (exact) mass is 408 g/mol. The summed E-state index contributed by atoms with van der Waals surface area (Å²) in [6.07, 6.45) is 33.7. The van der Waals surface area contributed by atoms with Gasteiger partial charge in [-0.2, -0.15) is 12.8 Å². The molecule has 0 saturated carbocycles. The molecule has 0 bridgehead atoms. The smallest absolute Gasteiger partial charge is 0.343 e. The SMILES string of the molecule is [CH2-]CCCCCCCCC.[CH2-]CCCCCCCCCCCCCCCCC.[Li+].[Li+]. The molecule has 0 amide bonds. The zero-order chi connectivity index (χ0) is 21.0. The molecule has 0 fully saturated rings. The van der Waals surface area contributed by atoms with Crippen molar-refractivity contribution in [3.05, 3.63) is 13.8 Å². The molecule has 0 nitrogen and oxygen atoms in total. The topological polar surface area (TPSA) is 0 Å². The Morgan fingerprint density at radius 2 is 0.467 bits per heavy atom. The number of unbranched alkanes of at least 4 members (excludes halogenated alkanes) is 22. The van der Waals surface area contributed by atoms with Crippen LogP contribution in [0.3, 0.4) is 0 Å². The van der Waals surface area contributed by atoms with Crippen molar-refractivity contribution < 1.29 is 37.7 Å². The van der Waals surface area contributed by atoms with Gasteiger partial charge in [0.1, 0.15) is 0 Å². The van der Waals surface area contributed by atoms with Crippen LogP contribution in [0.5, 0.6) is 0 Å². The van der Waals surface area contributed by atoms with E-state index in [0.717, 1.165) is 12.8 Å². The summed E-state index contributed by atoms with van der Waals surface area (Å²) in [4.78, 5) is 0. The fourth-order valence-electron chi connectivity index (χ4n) is 3.68. The minimum absolute atomic E-state index is 0. The predicted octanol–water partition coefficient (Wildman–Crippen LogP) is 5.05. The van der Waals surface area contributed by atoms with Crippen LogP contribution in [0.25, 0.3) is 0 Å². The normalized spacial score (nSPS) is 10.0. The average Bonchev–Trinajstić information content (AvgIpc) is 2.71. The van der Waals surface area contributed by atoms with E-state index in [-0.39, 0.29) is 37.7 Å². The Hall–Kier alpha value is 1.19. The van der Waals surface area contributed by atoms with E-state index in [1.54, 1.807) is 0 Å². The molecule has 2 heteroatoms. The van der Waals surface area contributed by atoms with Gasteiger partial charge >= 0.3 is 37.7 Å². The van der Waals surface area contributed by atoms with E-state index in [1.807, 2.05) is 0 Å². The van der Waals surface area contributed by atoms with Gasteiger partial charge in [-0.1, -0.05) is 155 Å². The summed E-state index contributed by atoms with van der Waals surface area (Å²) in [5.41, 5.74) is 0. The van der Waals surface area contributed by atoms with E-state index in [4.69, 9.17) is 0 Å². The van der Waals surface area contributed by atoms with E-state index in [0.29, 0.717) is 0 Å². The Kier molecular flexibility index (Phi) is 52.0. The van der Waals surface area contributed by atoms with Crippen molar-refractivity contribution in [2.75, 3.05) is 0 Å². The van der Waals surface area contributed by atoms with E-state index in [2.05, 4.69) is 27.7 Å². The zero-order valence-electron chi connectivity index (χ0n) is 22.4. The number of rotatable bonds is 22. The van der Waals surface area contributed by atoms with Gasteiger partial charge in [0.25, 0.3) is 0 Å². The summed E-state index contributed by atoms with van der Waals surface area (Å²) in [5.74, 6) is 0. The average molecular weight is 409 g/mol. The maximum absolute atomic E-state index is 3.88. The van der Waals surface area contributed by atoms with Gasteiger partial charge in [0.15, 0.2) is 0 Å². The van der Waals surface area contributed by atoms with Gasteiger partial charge in [0, 0.05) is 0 Å². The van der Waals surface area contributed by atoms with Crippen LogP contribution in [0.2, 0.25) is 0 Å². The molecule has 172 valence electrons. The van der Waals surface area contributed by atoms with E-state index in [1.165, 1.54) is 141 Å². The maximum atomic E-state index is 3.88. The zero-order valence-corrected chi connectivity index (χ0v) is 22.4. The standard InChI is InChI=1S/C18H37.C10H21.2Li/c1-3-5-7-9-11-13-15-17-18-16-14-12-10-8-6-4-2;1-3-5-7-9-10-8-6-4-2;;/h1,3-18H2,2H3;1,3-10H2,2H3;;/q2*-1;2*+1. The van der Waals surface area contributed by atoms with Crippen LogP contribution < -0.4 is 37.7 Å². The van der Waals surface area contributed by atoms with Gasteiger partial charge < -0.3 is 13.8 Å². The summed E-state index contributed by atoms with van der Waals surface area (Å²) < 4.78 is 0. The molecule has 0 atom stereocenters. The van der Waals surface area contributed by atoms with Crippen LogP contribution in [0.15, 0.2) is 0 Å². The molecule has 0 saturated heterocycles. The third-order valence-corrected chi connectivity index (χ3v) is 5.71. The van der Waals surface area contributed by atoms with Gasteiger partial charge in [-0.25, -0.2) is 0 Å². The second-order valence-corrected chi connectivity index (χ2v) is 8.78. The molecule has 0 aliphatic rings. The minimum atomic E-state index is 0. The quantitative estimate of drug-likeness (QED) is 0.134.